The molecule has 1 aliphatic carbocycles. The van der Waals surface area contributed by atoms with Crippen LogP contribution in [0.25, 0.3) is 0 Å². The molecule has 26 heavy (non-hydrogen) atoms. The highest BCUT2D eigenvalue weighted by atomic mass is 16.5. The standard InChI is InChI=1S/C18H24N4O4/c1-4-25-18(24)16-20-15(21-22-16)13(9-10(2)3)19-17(23)12-7-8-26-14(12)11-5-6-11/h7-8,10-11,13H,4-6,9H2,1-3H3,(H,19,23)(H,20,21,22). The zero-order valence-electron chi connectivity index (χ0n) is 15.2. The molecule has 0 radical (unpaired) electrons. The number of aromatic nitrogens is 3. The molecule has 8 nitrogen and oxygen atoms in total. The molecular weight excluding hydrogens is 336 g/mol. The first kappa shape index (κ1) is 18.2. The van der Waals surface area contributed by atoms with Crippen LogP contribution in [0.5, 0.6) is 0 Å². The van der Waals surface area contributed by atoms with Gasteiger partial charge in [-0.3, -0.25) is 9.89 Å². The molecule has 3 rings (SSSR count). The fourth-order valence-electron chi connectivity index (χ4n) is 2.83. The Hall–Kier alpha value is -2.64. The summed E-state index contributed by atoms with van der Waals surface area (Å²) in [5.74, 6) is 1.00. The zero-order chi connectivity index (χ0) is 18.7. The first-order valence-electron chi connectivity index (χ1n) is 8.97. The molecule has 0 aliphatic heterocycles. The Labute approximate surface area is 151 Å². The first-order valence-corrected chi connectivity index (χ1v) is 8.97. The number of H-pyrrole nitrogens is 1. The molecule has 8 heteroatoms. The summed E-state index contributed by atoms with van der Waals surface area (Å²) >= 11 is 0. The van der Waals surface area contributed by atoms with Crippen molar-refractivity contribution >= 4 is 11.9 Å². The molecule has 1 atom stereocenters. The molecule has 1 amide bonds. The summed E-state index contributed by atoms with van der Waals surface area (Å²) in [7, 11) is 0. The SMILES string of the molecule is CCOC(=O)c1n[nH]c(C(CC(C)C)NC(=O)c2ccoc2C2CC2)n1. The van der Waals surface area contributed by atoms with E-state index in [1.807, 2.05) is 0 Å². The summed E-state index contributed by atoms with van der Waals surface area (Å²) in [6.45, 7) is 6.07. The average molecular weight is 360 g/mol. The quantitative estimate of drug-likeness (QED) is 0.700. The number of nitrogens with one attached hydrogen (secondary N) is 2. The van der Waals surface area contributed by atoms with Gasteiger partial charge in [0.15, 0.2) is 0 Å². The lowest BCUT2D eigenvalue weighted by Gasteiger charge is -2.18. The van der Waals surface area contributed by atoms with Crippen LogP contribution >= 0.6 is 0 Å². The van der Waals surface area contributed by atoms with Gasteiger partial charge in [0.1, 0.15) is 11.6 Å². The Kier molecular flexibility index (Phi) is 5.39. The number of amides is 1. The number of carbonyl (C=O) groups is 2. The fourth-order valence-corrected chi connectivity index (χ4v) is 2.83. The van der Waals surface area contributed by atoms with E-state index in [9.17, 15) is 9.59 Å². The maximum absolute atomic E-state index is 12.7. The Bertz CT molecular complexity index is 776. The number of nitrogens with zero attached hydrogens (tertiary/aromatic N) is 2. The lowest BCUT2D eigenvalue weighted by atomic mass is 10.0. The van der Waals surface area contributed by atoms with E-state index >= 15 is 0 Å². The summed E-state index contributed by atoms with van der Waals surface area (Å²) in [5, 5.41) is 9.65. The van der Waals surface area contributed by atoms with E-state index in [2.05, 4.69) is 34.3 Å². The van der Waals surface area contributed by atoms with Crippen LogP contribution in [-0.2, 0) is 4.74 Å². The van der Waals surface area contributed by atoms with E-state index in [0.717, 1.165) is 18.6 Å². The van der Waals surface area contributed by atoms with Crippen molar-refractivity contribution < 1.29 is 18.7 Å². The monoisotopic (exact) mass is 360 g/mol. The van der Waals surface area contributed by atoms with Crippen LogP contribution in [0.15, 0.2) is 16.7 Å². The van der Waals surface area contributed by atoms with Gasteiger partial charge in [0.05, 0.1) is 24.5 Å². The molecular formula is C18H24N4O4. The van der Waals surface area contributed by atoms with Crippen molar-refractivity contribution in [3.05, 3.63) is 35.3 Å². The summed E-state index contributed by atoms with van der Waals surface area (Å²) in [6, 6.07) is 1.31. The van der Waals surface area contributed by atoms with E-state index in [1.54, 1.807) is 19.3 Å². The number of hydrogen-bond donors (Lipinski definition) is 2. The van der Waals surface area contributed by atoms with Crippen LogP contribution in [-0.4, -0.2) is 33.7 Å². The maximum Gasteiger partial charge on any atom is 0.378 e. The third-order valence-corrected chi connectivity index (χ3v) is 4.19. The second-order valence-corrected chi connectivity index (χ2v) is 6.89. The Morgan fingerprint density at radius 1 is 1.42 bits per heavy atom. The third-order valence-electron chi connectivity index (χ3n) is 4.19. The van der Waals surface area contributed by atoms with E-state index in [-0.39, 0.29) is 24.4 Å². The minimum atomic E-state index is -0.588. The molecule has 1 unspecified atom stereocenters. The van der Waals surface area contributed by atoms with Crippen LogP contribution in [0, 0.1) is 5.92 Å². The first-order chi connectivity index (χ1) is 12.5. The van der Waals surface area contributed by atoms with E-state index in [4.69, 9.17) is 9.15 Å². The highest BCUT2D eigenvalue weighted by molar-refractivity contribution is 5.95. The predicted molar refractivity (Wildman–Crippen MR) is 92.7 cm³/mol. The average Bonchev–Trinajstić information content (AvgIpc) is 3.12. The summed E-state index contributed by atoms with van der Waals surface area (Å²) in [5.41, 5.74) is 0.561. The van der Waals surface area contributed by atoms with Crippen molar-refractivity contribution in [2.45, 2.75) is 52.0 Å². The number of rotatable bonds is 8. The van der Waals surface area contributed by atoms with Crippen LogP contribution in [0.1, 0.15) is 84.6 Å². The molecule has 0 aromatic carbocycles. The van der Waals surface area contributed by atoms with Gasteiger partial charge in [-0.15, -0.1) is 5.10 Å². The number of aromatic amines is 1. The predicted octanol–water partition coefficient (Wildman–Crippen LogP) is 2.97. The molecule has 0 saturated heterocycles. The van der Waals surface area contributed by atoms with Gasteiger partial charge in [-0.1, -0.05) is 13.8 Å². The van der Waals surface area contributed by atoms with Gasteiger partial charge in [0.2, 0.25) is 0 Å². The van der Waals surface area contributed by atoms with E-state index < -0.39 is 5.97 Å². The normalized spacial score (nSPS) is 15.1. The van der Waals surface area contributed by atoms with Gasteiger partial charge in [-0.25, -0.2) is 9.78 Å². The Balaban J connectivity index is 1.76. The maximum atomic E-state index is 12.7. The van der Waals surface area contributed by atoms with Gasteiger partial charge < -0.3 is 14.5 Å². The van der Waals surface area contributed by atoms with Crippen molar-refractivity contribution in [2.24, 2.45) is 5.92 Å². The number of hydrogen-bond acceptors (Lipinski definition) is 6. The molecule has 1 aliphatic rings. The molecule has 2 aromatic rings. The topological polar surface area (TPSA) is 110 Å². The number of furan rings is 1. The number of carbonyl (C=O) groups excluding carboxylic acids is 2. The van der Waals surface area contributed by atoms with Crippen molar-refractivity contribution in [1.29, 1.82) is 0 Å². The highest BCUT2D eigenvalue weighted by Gasteiger charge is 2.32. The second kappa shape index (κ2) is 7.72. The zero-order valence-corrected chi connectivity index (χ0v) is 15.2. The van der Waals surface area contributed by atoms with Crippen molar-refractivity contribution in [3.63, 3.8) is 0 Å². The Morgan fingerprint density at radius 2 is 2.19 bits per heavy atom. The molecule has 0 spiro atoms. The van der Waals surface area contributed by atoms with Crippen molar-refractivity contribution in [1.82, 2.24) is 20.5 Å². The summed E-state index contributed by atoms with van der Waals surface area (Å²) in [4.78, 5) is 28.7. The lowest BCUT2D eigenvalue weighted by Crippen LogP contribution is -2.30. The summed E-state index contributed by atoms with van der Waals surface area (Å²) < 4.78 is 10.4. The third kappa shape index (κ3) is 4.12. The van der Waals surface area contributed by atoms with Crippen molar-refractivity contribution in [3.8, 4) is 0 Å². The minimum absolute atomic E-state index is 0.0353. The van der Waals surface area contributed by atoms with Crippen molar-refractivity contribution in [2.75, 3.05) is 6.61 Å². The molecule has 0 bridgehead atoms. The largest absolute Gasteiger partial charge is 0.468 e. The van der Waals surface area contributed by atoms with Crippen LogP contribution in [0.3, 0.4) is 0 Å². The number of ether oxygens (including phenoxy) is 1. The molecule has 140 valence electrons. The van der Waals surface area contributed by atoms with Crippen LogP contribution < -0.4 is 5.32 Å². The lowest BCUT2D eigenvalue weighted by molar-refractivity contribution is 0.0512. The smallest absolute Gasteiger partial charge is 0.378 e. The molecule has 1 fully saturated rings. The van der Waals surface area contributed by atoms with E-state index in [1.165, 1.54) is 0 Å². The molecule has 2 aromatic heterocycles. The van der Waals surface area contributed by atoms with Gasteiger partial charge in [0, 0.05) is 5.92 Å². The highest BCUT2D eigenvalue weighted by Crippen LogP contribution is 2.42. The fraction of sp³-hybridized carbons (Fsp3) is 0.556. The van der Waals surface area contributed by atoms with Crippen LogP contribution in [0.2, 0.25) is 0 Å². The minimum Gasteiger partial charge on any atom is -0.468 e. The molecule has 1 saturated carbocycles. The molecule has 2 N–H and O–H groups in total. The Morgan fingerprint density at radius 3 is 2.85 bits per heavy atom. The van der Waals surface area contributed by atoms with Gasteiger partial charge >= 0.3 is 5.97 Å². The van der Waals surface area contributed by atoms with E-state index in [0.29, 0.717) is 29.6 Å². The summed E-state index contributed by atoms with van der Waals surface area (Å²) in [6.07, 6.45) is 4.30. The van der Waals surface area contributed by atoms with Gasteiger partial charge in [-0.05, 0) is 38.2 Å². The van der Waals surface area contributed by atoms with Crippen LogP contribution in [0.4, 0.5) is 0 Å². The number of esters is 1. The molecule has 2 heterocycles. The van der Waals surface area contributed by atoms with Gasteiger partial charge in [-0.2, -0.15) is 0 Å². The van der Waals surface area contributed by atoms with Gasteiger partial charge in [0.25, 0.3) is 11.7 Å². The second-order valence-electron chi connectivity index (χ2n) is 6.89.